The molecule has 2 aromatic rings. The van der Waals surface area contributed by atoms with Crippen LogP contribution in [0.2, 0.25) is 0 Å². The fraction of sp³-hybridized carbons (Fsp3) is 0.400. The number of anilines is 2. The largest absolute Gasteiger partial charge is 0.340 e. The number of hydrogen-bond acceptors (Lipinski definition) is 3. The van der Waals surface area contributed by atoms with Crippen LogP contribution >= 0.6 is 0 Å². The topological polar surface area (TPSA) is 36.4 Å². The maximum absolute atomic E-state index is 12.8. The number of nitrogens with zero attached hydrogens (tertiary/aromatic N) is 3. The first-order valence-corrected chi connectivity index (χ1v) is 8.76. The normalized spacial score (nSPS) is 17.6. The Morgan fingerprint density at radius 1 is 1.25 bits per heavy atom. The van der Waals surface area contributed by atoms with E-state index in [4.69, 9.17) is 0 Å². The van der Waals surface area contributed by atoms with Crippen LogP contribution in [0.3, 0.4) is 0 Å². The number of carbonyl (C=O) groups excluding carboxylic acids is 1. The number of carbonyl (C=O) groups is 1. The molecule has 0 aliphatic carbocycles. The Hall–Kier alpha value is -2.36. The molecule has 1 amide bonds. The molecule has 0 bridgehead atoms. The lowest BCUT2D eigenvalue weighted by molar-refractivity contribution is 0.0682. The Morgan fingerprint density at radius 3 is 2.75 bits per heavy atom. The average molecular weight is 323 g/mol. The van der Waals surface area contributed by atoms with Crippen molar-refractivity contribution in [1.82, 2.24) is 9.88 Å². The van der Waals surface area contributed by atoms with Crippen LogP contribution in [0.4, 0.5) is 11.4 Å². The number of benzene rings is 1. The van der Waals surface area contributed by atoms with Crippen LogP contribution in [0.5, 0.6) is 0 Å². The smallest absolute Gasteiger partial charge is 0.255 e. The van der Waals surface area contributed by atoms with E-state index in [1.54, 1.807) is 6.20 Å². The van der Waals surface area contributed by atoms with Crippen molar-refractivity contribution < 1.29 is 4.79 Å². The highest BCUT2D eigenvalue weighted by atomic mass is 16.2. The second-order valence-corrected chi connectivity index (χ2v) is 6.51. The lowest BCUT2D eigenvalue weighted by Gasteiger charge is -2.31. The molecule has 24 heavy (non-hydrogen) atoms. The van der Waals surface area contributed by atoms with Gasteiger partial charge in [0.1, 0.15) is 0 Å². The van der Waals surface area contributed by atoms with E-state index in [1.165, 1.54) is 6.42 Å². The Balaban J connectivity index is 1.84. The summed E-state index contributed by atoms with van der Waals surface area (Å²) >= 11 is 0. The number of para-hydroxylation sites is 1. The molecular formula is C20H25N3O. The van der Waals surface area contributed by atoms with Crippen LogP contribution in [-0.4, -0.2) is 35.4 Å². The van der Waals surface area contributed by atoms with Crippen molar-refractivity contribution in [1.29, 1.82) is 0 Å². The summed E-state index contributed by atoms with van der Waals surface area (Å²) in [6.45, 7) is 6.84. The van der Waals surface area contributed by atoms with Gasteiger partial charge in [0.2, 0.25) is 0 Å². The highest BCUT2D eigenvalue weighted by molar-refractivity contribution is 5.95. The first kappa shape index (κ1) is 16.5. The summed E-state index contributed by atoms with van der Waals surface area (Å²) < 4.78 is 0. The fourth-order valence-corrected chi connectivity index (χ4v) is 3.37. The molecule has 1 aliphatic heterocycles. The minimum atomic E-state index is 0.0972. The molecule has 4 heteroatoms. The number of aromatic nitrogens is 1. The van der Waals surface area contributed by atoms with Gasteiger partial charge >= 0.3 is 0 Å². The van der Waals surface area contributed by atoms with Crippen LogP contribution < -0.4 is 4.90 Å². The fourth-order valence-electron chi connectivity index (χ4n) is 3.37. The van der Waals surface area contributed by atoms with Crippen LogP contribution in [0.1, 0.15) is 37.0 Å². The number of amides is 1. The Bertz CT molecular complexity index is 686. The number of pyridine rings is 1. The van der Waals surface area contributed by atoms with Gasteiger partial charge < -0.3 is 9.80 Å². The van der Waals surface area contributed by atoms with Gasteiger partial charge in [-0.15, -0.1) is 0 Å². The molecule has 0 saturated carbocycles. The lowest BCUT2D eigenvalue weighted by atomic mass is 10.00. The molecule has 0 radical (unpaired) electrons. The van der Waals surface area contributed by atoms with E-state index in [2.05, 4.69) is 35.9 Å². The van der Waals surface area contributed by atoms with Crippen molar-refractivity contribution in [3.05, 3.63) is 54.4 Å². The molecule has 1 aromatic heterocycles. The van der Waals surface area contributed by atoms with Crippen molar-refractivity contribution in [3.63, 3.8) is 0 Å². The molecule has 1 aliphatic rings. The molecule has 0 spiro atoms. The molecule has 2 heterocycles. The zero-order valence-corrected chi connectivity index (χ0v) is 14.5. The highest BCUT2D eigenvalue weighted by Crippen LogP contribution is 2.26. The van der Waals surface area contributed by atoms with E-state index in [0.29, 0.717) is 11.5 Å². The number of likely N-dealkylation sites (tertiary alicyclic amines) is 1. The maximum atomic E-state index is 12.8. The van der Waals surface area contributed by atoms with E-state index in [9.17, 15) is 4.79 Å². The van der Waals surface area contributed by atoms with Crippen molar-refractivity contribution in [3.8, 4) is 0 Å². The third-order valence-electron chi connectivity index (χ3n) is 4.61. The van der Waals surface area contributed by atoms with E-state index in [0.717, 1.165) is 37.4 Å². The molecular weight excluding hydrogens is 298 g/mol. The second kappa shape index (κ2) is 7.47. The SMILES string of the molecule is CCN(c1ccccc1)c1cncc(C(=O)N2CCCC(C)C2)c1. The lowest BCUT2D eigenvalue weighted by Crippen LogP contribution is -2.39. The molecule has 126 valence electrons. The zero-order chi connectivity index (χ0) is 16.9. The predicted molar refractivity (Wildman–Crippen MR) is 97.7 cm³/mol. The van der Waals surface area contributed by atoms with Gasteiger partial charge in [-0.25, -0.2) is 0 Å². The molecule has 3 rings (SSSR count). The van der Waals surface area contributed by atoms with Gasteiger partial charge in [0.15, 0.2) is 0 Å². The van der Waals surface area contributed by atoms with Gasteiger partial charge in [0.25, 0.3) is 5.91 Å². The summed E-state index contributed by atoms with van der Waals surface area (Å²) in [5.41, 5.74) is 2.74. The summed E-state index contributed by atoms with van der Waals surface area (Å²) in [7, 11) is 0. The van der Waals surface area contributed by atoms with Crippen molar-refractivity contribution >= 4 is 17.3 Å². The quantitative estimate of drug-likeness (QED) is 0.849. The molecule has 1 unspecified atom stereocenters. The van der Waals surface area contributed by atoms with Gasteiger partial charge in [-0.3, -0.25) is 9.78 Å². The summed E-state index contributed by atoms with van der Waals surface area (Å²) in [4.78, 5) is 21.3. The Kier molecular flexibility index (Phi) is 5.14. The van der Waals surface area contributed by atoms with Crippen LogP contribution in [0.15, 0.2) is 48.8 Å². The summed E-state index contributed by atoms with van der Waals surface area (Å²) in [5, 5.41) is 0. The number of rotatable bonds is 4. The van der Waals surface area contributed by atoms with Gasteiger partial charge in [-0.2, -0.15) is 0 Å². The van der Waals surface area contributed by atoms with Gasteiger partial charge in [0, 0.05) is 31.5 Å². The van der Waals surface area contributed by atoms with Crippen molar-refractivity contribution in [2.45, 2.75) is 26.7 Å². The molecule has 0 N–H and O–H groups in total. The summed E-state index contributed by atoms with van der Waals surface area (Å²) in [6.07, 6.45) is 5.81. The minimum absolute atomic E-state index is 0.0972. The molecule has 1 aromatic carbocycles. The molecule has 1 saturated heterocycles. The monoisotopic (exact) mass is 323 g/mol. The molecule has 1 atom stereocenters. The van der Waals surface area contributed by atoms with E-state index in [-0.39, 0.29) is 5.91 Å². The van der Waals surface area contributed by atoms with Crippen LogP contribution in [0, 0.1) is 5.92 Å². The summed E-state index contributed by atoms with van der Waals surface area (Å²) in [5.74, 6) is 0.676. The predicted octanol–water partition coefficient (Wildman–Crippen LogP) is 4.11. The van der Waals surface area contributed by atoms with Crippen LogP contribution in [-0.2, 0) is 0 Å². The second-order valence-electron chi connectivity index (χ2n) is 6.51. The van der Waals surface area contributed by atoms with Crippen molar-refractivity contribution in [2.75, 3.05) is 24.5 Å². The number of hydrogen-bond donors (Lipinski definition) is 0. The van der Waals surface area contributed by atoms with Gasteiger partial charge in [-0.05, 0) is 43.9 Å². The minimum Gasteiger partial charge on any atom is -0.340 e. The average Bonchev–Trinajstić information content (AvgIpc) is 2.63. The molecule has 4 nitrogen and oxygen atoms in total. The van der Waals surface area contributed by atoms with E-state index >= 15 is 0 Å². The Morgan fingerprint density at radius 2 is 2.04 bits per heavy atom. The van der Waals surface area contributed by atoms with Crippen molar-refractivity contribution in [2.24, 2.45) is 5.92 Å². The maximum Gasteiger partial charge on any atom is 0.255 e. The van der Waals surface area contributed by atoms with Crippen LogP contribution in [0.25, 0.3) is 0 Å². The first-order chi connectivity index (χ1) is 11.7. The third kappa shape index (κ3) is 3.58. The molecule has 1 fully saturated rings. The third-order valence-corrected chi connectivity index (χ3v) is 4.61. The highest BCUT2D eigenvalue weighted by Gasteiger charge is 2.22. The summed E-state index contributed by atoms with van der Waals surface area (Å²) in [6, 6.07) is 12.2. The Labute approximate surface area is 144 Å². The van der Waals surface area contributed by atoms with E-state index < -0.39 is 0 Å². The first-order valence-electron chi connectivity index (χ1n) is 8.76. The van der Waals surface area contributed by atoms with Gasteiger partial charge in [0.05, 0.1) is 17.4 Å². The number of piperidine rings is 1. The standard InChI is InChI=1S/C20H25N3O/c1-3-23(18-9-5-4-6-10-18)19-12-17(13-21-14-19)20(24)22-11-7-8-16(2)15-22/h4-6,9-10,12-14,16H,3,7-8,11,15H2,1-2H3. The van der Waals surface area contributed by atoms with E-state index in [1.807, 2.05) is 35.4 Å². The van der Waals surface area contributed by atoms with Gasteiger partial charge in [-0.1, -0.05) is 25.1 Å². The zero-order valence-electron chi connectivity index (χ0n) is 14.5.